The molecule has 2 aliphatic rings. The number of hydrogen-bond acceptors (Lipinski definition) is 6. The summed E-state index contributed by atoms with van der Waals surface area (Å²) in [5, 5.41) is 3.51. The normalized spacial score (nSPS) is 19.4. The second-order valence-electron chi connectivity index (χ2n) is 6.77. The van der Waals surface area contributed by atoms with Crippen molar-refractivity contribution in [2.24, 2.45) is 0 Å². The topological polar surface area (TPSA) is 70.6 Å². The molecule has 2 saturated heterocycles. The minimum absolute atomic E-state index is 0.202. The predicted octanol–water partition coefficient (Wildman–Crippen LogP) is 2.89. The molecule has 0 bridgehead atoms. The van der Waals surface area contributed by atoms with E-state index in [9.17, 15) is 4.79 Å². The highest BCUT2D eigenvalue weighted by molar-refractivity contribution is 5.67. The summed E-state index contributed by atoms with van der Waals surface area (Å²) in [6, 6.07) is 2.39. The molecule has 2 fully saturated rings. The molecule has 1 aromatic heterocycles. The van der Waals surface area contributed by atoms with E-state index >= 15 is 0 Å². The SMILES string of the molecule is CCOC(=O)N1CCC(Nc2cc(N3CCCCCC3)ncn2)CC1. The fourth-order valence-electron chi connectivity index (χ4n) is 3.53. The monoisotopic (exact) mass is 347 g/mol. The zero-order chi connectivity index (χ0) is 17.5. The van der Waals surface area contributed by atoms with E-state index in [1.807, 2.05) is 6.92 Å². The summed E-state index contributed by atoms with van der Waals surface area (Å²) in [6.07, 6.45) is 8.35. The fourth-order valence-corrected chi connectivity index (χ4v) is 3.53. The number of nitrogens with zero attached hydrogens (tertiary/aromatic N) is 4. The van der Waals surface area contributed by atoms with Crippen molar-refractivity contribution in [1.82, 2.24) is 14.9 Å². The van der Waals surface area contributed by atoms with Crippen molar-refractivity contribution in [2.45, 2.75) is 51.5 Å². The minimum atomic E-state index is -0.202. The third kappa shape index (κ3) is 4.96. The van der Waals surface area contributed by atoms with E-state index in [-0.39, 0.29) is 6.09 Å². The van der Waals surface area contributed by atoms with Gasteiger partial charge in [0.15, 0.2) is 0 Å². The molecule has 1 N–H and O–H groups in total. The van der Waals surface area contributed by atoms with Gasteiger partial charge in [-0.15, -0.1) is 0 Å². The molecule has 25 heavy (non-hydrogen) atoms. The Balaban J connectivity index is 1.53. The van der Waals surface area contributed by atoms with Gasteiger partial charge in [0.05, 0.1) is 6.61 Å². The Morgan fingerprint density at radius 1 is 1.16 bits per heavy atom. The van der Waals surface area contributed by atoms with Crippen molar-refractivity contribution in [3.05, 3.63) is 12.4 Å². The molecule has 0 aliphatic carbocycles. The number of nitrogens with one attached hydrogen (secondary N) is 1. The van der Waals surface area contributed by atoms with Gasteiger partial charge in [0, 0.05) is 38.3 Å². The van der Waals surface area contributed by atoms with Crippen LogP contribution in [0, 0.1) is 0 Å². The van der Waals surface area contributed by atoms with Crippen LogP contribution in [0.25, 0.3) is 0 Å². The number of anilines is 2. The van der Waals surface area contributed by atoms with Crippen LogP contribution in [0.15, 0.2) is 12.4 Å². The number of carbonyl (C=O) groups is 1. The summed E-state index contributed by atoms with van der Waals surface area (Å²) >= 11 is 0. The van der Waals surface area contributed by atoms with Crippen molar-refractivity contribution in [3.63, 3.8) is 0 Å². The lowest BCUT2D eigenvalue weighted by Gasteiger charge is -2.32. The van der Waals surface area contributed by atoms with Crippen molar-refractivity contribution in [2.75, 3.05) is 43.0 Å². The summed E-state index contributed by atoms with van der Waals surface area (Å²) in [5.74, 6) is 1.90. The maximum absolute atomic E-state index is 11.8. The molecule has 2 aliphatic heterocycles. The van der Waals surface area contributed by atoms with Crippen molar-refractivity contribution in [1.29, 1.82) is 0 Å². The second-order valence-corrected chi connectivity index (χ2v) is 6.77. The second kappa shape index (κ2) is 8.87. The maximum atomic E-state index is 11.8. The van der Waals surface area contributed by atoms with Gasteiger partial charge in [-0.1, -0.05) is 12.8 Å². The molecular formula is C18H29N5O2. The van der Waals surface area contributed by atoms with Gasteiger partial charge in [-0.25, -0.2) is 14.8 Å². The Morgan fingerprint density at radius 3 is 2.56 bits per heavy atom. The molecule has 7 nitrogen and oxygen atoms in total. The molecule has 0 radical (unpaired) electrons. The van der Waals surface area contributed by atoms with Gasteiger partial charge in [-0.3, -0.25) is 0 Å². The highest BCUT2D eigenvalue weighted by Gasteiger charge is 2.24. The smallest absolute Gasteiger partial charge is 0.409 e. The van der Waals surface area contributed by atoms with E-state index in [4.69, 9.17) is 4.74 Å². The number of ether oxygens (including phenoxy) is 1. The van der Waals surface area contributed by atoms with E-state index in [0.29, 0.717) is 12.6 Å². The molecule has 138 valence electrons. The molecule has 3 rings (SSSR count). The first-order valence-corrected chi connectivity index (χ1v) is 9.51. The largest absolute Gasteiger partial charge is 0.450 e. The molecule has 0 atom stereocenters. The first-order chi connectivity index (χ1) is 12.3. The standard InChI is InChI=1S/C18H29N5O2/c1-2-25-18(24)23-11-7-15(8-12-23)21-16-13-17(20-14-19-16)22-9-5-3-4-6-10-22/h13-15H,2-12H2,1H3,(H,19,20,21). The van der Waals surface area contributed by atoms with Crippen LogP contribution in [0.3, 0.4) is 0 Å². The third-order valence-corrected chi connectivity index (χ3v) is 4.96. The van der Waals surface area contributed by atoms with Gasteiger partial charge in [0.2, 0.25) is 0 Å². The number of carbonyl (C=O) groups excluding carboxylic acids is 1. The number of likely N-dealkylation sites (tertiary alicyclic amines) is 1. The molecule has 1 amide bonds. The fraction of sp³-hybridized carbons (Fsp3) is 0.722. The van der Waals surface area contributed by atoms with Crippen molar-refractivity contribution >= 4 is 17.7 Å². The number of hydrogen-bond donors (Lipinski definition) is 1. The average Bonchev–Trinajstić information content (AvgIpc) is 2.92. The quantitative estimate of drug-likeness (QED) is 0.903. The molecule has 0 spiro atoms. The maximum Gasteiger partial charge on any atom is 0.409 e. The van der Waals surface area contributed by atoms with E-state index in [2.05, 4.69) is 26.3 Å². The Hall–Kier alpha value is -2.05. The summed E-state index contributed by atoms with van der Waals surface area (Å²) < 4.78 is 5.07. The van der Waals surface area contributed by atoms with Crippen LogP contribution in [0.2, 0.25) is 0 Å². The summed E-state index contributed by atoms with van der Waals surface area (Å²) in [7, 11) is 0. The Bertz CT molecular complexity index is 552. The van der Waals surface area contributed by atoms with Gasteiger partial charge in [0.25, 0.3) is 0 Å². The van der Waals surface area contributed by atoms with Crippen LogP contribution in [0.5, 0.6) is 0 Å². The van der Waals surface area contributed by atoms with Gasteiger partial charge in [0.1, 0.15) is 18.0 Å². The van der Waals surface area contributed by atoms with Gasteiger partial charge < -0.3 is 19.9 Å². The molecule has 7 heteroatoms. The van der Waals surface area contributed by atoms with Crippen LogP contribution in [-0.4, -0.2) is 59.8 Å². The number of piperidine rings is 1. The Morgan fingerprint density at radius 2 is 1.88 bits per heavy atom. The molecule has 0 aromatic carbocycles. The first kappa shape index (κ1) is 17.8. The summed E-state index contributed by atoms with van der Waals surface area (Å²) in [5.41, 5.74) is 0. The highest BCUT2D eigenvalue weighted by Crippen LogP contribution is 2.21. The molecule has 0 saturated carbocycles. The first-order valence-electron chi connectivity index (χ1n) is 9.51. The lowest BCUT2D eigenvalue weighted by Crippen LogP contribution is -2.42. The van der Waals surface area contributed by atoms with Crippen LogP contribution >= 0.6 is 0 Å². The molecule has 3 heterocycles. The van der Waals surface area contributed by atoms with Crippen molar-refractivity contribution in [3.8, 4) is 0 Å². The van der Waals surface area contributed by atoms with E-state index in [1.165, 1.54) is 25.7 Å². The molecular weight excluding hydrogens is 318 g/mol. The Kier molecular flexibility index (Phi) is 6.30. The highest BCUT2D eigenvalue weighted by atomic mass is 16.6. The number of aromatic nitrogens is 2. The third-order valence-electron chi connectivity index (χ3n) is 4.96. The minimum Gasteiger partial charge on any atom is -0.450 e. The molecule has 0 unspecified atom stereocenters. The van der Waals surface area contributed by atoms with Crippen LogP contribution in [-0.2, 0) is 4.74 Å². The van der Waals surface area contributed by atoms with Crippen LogP contribution in [0.1, 0.15) is 45.4 Å². The van der Waals surface area contributed by atoms with Crippen LogP contribution < -0.4 is 10.2 Å². The van der Waals surface area contributed by atoms with Gasteiger partial charge >= 0.3 is 6.09 Å². The van der Waals surface area contributed by atoms with E-state index < -0.39 is 0 Å². The Labute approximate surface area is 149 Å². The van der Waals surface area contributed by atoms with Gasteiger partial charge in [-0.05, 0) is 32.6 Å². The number of amides is 1. The lowest BCUT2D eigenvalue weighted by atomic mass is 10.1. The zero-order valence-electron chi connectivity index (χ0n) is 15.1. The van der Waals surface area contributed by atoms with Gasteiger partial charge in [-0.2, -0.15) is 0 Å². The van der Waals surface area contributed by atoms with Crippen molar-refractivity contribution < 1.29 is 9.53 Å². The summed E-state index contributed by atoms with van der Waals surface area (Å²) in [6.45, 7) is 5.87. The van der Waals surface area contributed by atoms with E-state index in [0.717, 1.165) is 50.7 Å². The molecule has 1 aromatic rings. The number of rotatable bonds is 4. The van der Waals surface area contributed by atoms with Crippen LogP contribution in [0.4, 0.5) is 16.4 Å². The summed E-state index contributed by atoms with van der Waals surface area (Å²) in [4.78, 5) is 24.8. The van der Waals surface area contributed by atoms with E-state index in [1.54, 1.807) is 11.2 Å². The lowest BCUT2D eigenvalue weighted by molar-refractivity contribution is 0.0983. The average molecular weight is 347 g/mol. The zero-order valence-corrected chi connectivity index (χ0v) is 15.1. The predicted molar refractivity (Wildman–Crippen MR) is 98.0 cm³/mol.